The lowest BCUT2D eigenvalue weighted by Crippen LogP contribution is -2.35. The minimum Gasteiger partial charge on any atom is -0.426 e. The first-order valence-corrected chi connectivity index (χ1v) is 9.83. The van der Waals surface area contributed by atoms with Gasteiger partial charge in [0.2, 0.25) is 5.91 Å². The third-order valence-electron chi connectivity index (χ3n) is 5.63. The van der Waals surface area contributed by atoms with Crippen molar-refractivity contribution in [3.63, 3.8) is 0 Å². The normalized spacial score (nSPS) is 19.8. The van der Waals surface area contributed by atoms with Crippen molar-refractivity contribution in [1.82, 2.24) is 4.90 Å². The lowest BCUT2D eigenvalue weighted by Gasteiger charge is -2.23. The van der Waals surface area contributed by atoms with E-state index in [2.05, 4.69) is 0 Å². The van der Waals surface area contributed by atoms with E-state index in [-0.39, 0.29) is 30.1 Å². The molecule has 0 N–H and O–H groups in total. The molecule has 28 heavy (non-hydrogen) atoms. The van der Waals surface area contributed by atoms with Crippen molar-refractivity contribution in [2.75, 3.05) is 6.54 Å². The fraction of sp³-hybridized carbons (Fsp3) is 0.348. The van der Waals surface area contributed by atoms with Crippen LogP contribution < -0.4 is 4.74 Å². The average molecular weight is 377 g/mol. The largest absolute Gasteiger partial charge is 0.426 e. The van der Waals surface area contributed by atoms with Crippen molar-refractivity contribution in [2.24, 2.45) is 5.92 Å². The Morgan fingerprint density at radius 2 is 1.54 bits per heavy atom. The van der Waals surface area contributed by atoms with Crippen molar-refractivity contribution < 1.29 is 19.1 Å². The highest BCUT2D eigenvalue weighted by molar-refractivity contribution is 6.09. The summed E-state index contributed by atoms with van der Waals surface area (Å²) in [6, 6.07) is 15.9. The molecule has 0 radical (unpaired) electrons. The van der Waals surface area contributed by atoms with Gasteiger partial charge >= 0.3 is 5.97 Å². The summed E-state index contributed by atoms with van der Waals surface area (Å²) in [6.07, 6.45) is 4.59. The zero-order chi connectivity index (χ0) is 19.5. The Hall–Kier alpha value is -2.95. The van der Waals surface area contributed by atoms with Crippen LogP contribution in [0.5, 0.6) is 5.75 Å². The molecule has 1 saturated heterocycles. The van der Waals surface area contributed by atoms with Gasteiger partial charge in [-0.3, -0.25) is 14.4 Å². The van der Waals surface area contributed by atoms with E-state index in [9.17, 15) is 14.4 Å². The van der Waals surface area contributed by atoms with Gasteiger partial charge < -0.3 is 9.64 Å². The molecule has 5 heteroatoms. The van der Waals surface area contributed by atoms with Gasteiger partial charge in [-0.15, -0.1) is 0 Å². The standard InChI is InChI=1S/C23H23NO4/c25-21-14-18(15-24(21)19-8-4-5-9-19)23(27)28-20-12-10-17(11-13-20)22(26)16-6-2-1-3-7-16/h1-3,6-7,10-13,18-19H,4-5,8-9,14-15H2/t18-/m0/s1. The fourth-order valence-corrected chi connectivity index (χ4v) is 4.09. The summed E-state index contributed by atoms with van der Waals surface area (Å²) in [5.74, 6) is -0.430. The highest BCUT2D eigenvalue weighted by atomic mass is 16.5. The molecule has 144 valence electrons. The van der Waals surface area contributed by atoms with E-state index in [0.717, 1.165) is 25.7 Å². The second-order valence-electron chi connectivity index (χ2n) is 7.53. The van der Waals surface area contributed by atoms with Gasteiger partial charge in [-0.05, 0) is 37.1 Å². The second-order valence-corrected chi connectivity index (χ2v) is 7.53. The number of benzene rings is 2. The van der Waals surface area contributed by atoms with Crippen LogP contribution in [0.15, 0.2) is 54.6 Å². The molecule has 1 saturated carbocycles. The summed E-state index contributed by atoms with van der Waals surface area (Å²) in [5.41, 5.74) is 1.15. The Morgan fingerprint density at radius 3 is 2.21 bits per heavy atom. The SMILES string of the molecule is O=C(c1ccccc1)c1ccc(OC(=O)[C@H]2CC(=O)N(C3CCCC3)C2)cc1. The highest BCUT2D eigenvalue weighted by Gasteiger charge is 2.39. The van der Waals surface area contributed by atoms with Crippen molar-refractivity contribution >= 4 is 17.7 Å². The smallest absolute Gasteiger partial charge is 0.316 e. The monoisotopic (exact) mass is 377 g/mol. The number of esters is 1. The maximum absolute atomic E-state index is 12.5. The molecule has 1 heterocycles. The van der Waals surface area contributed by atoms with Crippen LogP contribution in [0, 0.1) is 5.92 Å². The number of ether oxygens (including phenoxy) is 1. The van der Waals surface area contributed by atoms with Crippen molar-refractivity contribution in [3.8, 4) is 5.75 Å². The first-order chi connectivity index (χ1) is 13.6. The lowest BCUT2D eigenvalue weighted by molar-refractivity contribution is -0.139. The minimum absolute atomic E-state index is 0.0534. The maximum atomic E-state index is 12.5. The Kier molecular flexibility index (Phi) is 5.24. The molecule has 0 spiro atoms. The van der Waals surface area contributed by atoms with Gasteiger partial charge in [0.1, 0.15) is 5.75 Å². The number of hydrogen-bond donors (Lipinski definition) is 0. The van der Waals surface area contributed by atoms with Crippen LogP contribution in [0.1, 0.15) is 48.0 Å². The molecule has 0 unspecified atom stereocenters. The summed E-state index contributed by atoms with van der Waals surface area (Å²) < 4.78 is 5.47. The van der Waals surface area contributed by atoms with Crippen LogP contribution in [-0.2, 0) is 9.59 Å². The number of carbonyl (C=O) groups is 3. The predicted octanol–water partition coefficient (Wildman–Crippen LogP) is 3.61. The number of rotatable bonds is 5. The van der Waals surface area contributed by atoms with Gasteiger partial charge in [-0.1, -0.05) is 43.2 Å². The number of nitrogens with zero attached hydrogens (tertiary/aromatic N) is 1. The molecule has 1 amide bonds. The molecule has 2 aromatic rings. The molecule has 1 aliphatic carbocycles. The molecular formula is C23H23NO4. The predicted molar refractivity (Wildman–Crippen MR) is 104 cm³/mol. The molecule has 2 fully saturated rings. The van der Waals surface area contributed by atoms with Crippen LogP contribution in [-0.4, -0.2) is 35.1 Å². The molecule has 2 aromatic carbocycles. The second kappa shape index (κ2) is 7.97. The Bertz CT molecular complexity index is 869. The molecule has 4 rings (SSSR count). The quantitative estimate of drug-likeness (QED) is 0.454. The summed E-state index contributed by atoms with van der Waals surface area (Å²) in [4.78, 5) is 39.1. The van der Waals surface area contributed by atoms with E-state index in [4.69, 9.17) is 4.74 Å². The average Bonchev–Trinajstić information content (AvgIpc) is 3.38. The van der Waals surface area contributed by atoms with Crippen LogP contribution in [0.25, 0.3) is 0 Å². The number of ketones is 1. The number of amides is 1. The van der Waals surface area contributed by atoms with Crippen LogP contribution >= 0.6 is 0 Å². The third-order valence-corrected chi connectivity index (χ3v) is 5.63. The lowest BCUT2D eigenvalue weighted by atomic mass is 10.0. The molecule has 1 atom stereocenters. The van der Waals surface area contributed by atoms with Gasteiger partial charge in [0.05, 0.1) is 5.92 Å². The maximum Gasteiger partial charge on any atom is 0.316 e. The van der Waals surface area contributed by atoms with Crippen LogP contribution in [0.4, 0.5) is 0 Å². The number of likely N-dealkylation sites (tertiary alicyclic amines) is 1. The summed E-state index contributed by atoms with van der Waals surface area (Å²) in [7, 11) is 0. The van der Waals surface area contributed by atoms with Crippen molar-refractivity contribution in [1.29, 1.82) is 0 Å². The first-order valence-electron chi connectivity index (χ1n) is 9.83. The van der Waals surface area contributed by atoms with E-state index >= 15 is 0 Å². The van der Waals surface area contributed by atoms with Gasteiger partial charge in [0.25, 0.3) is 0 Å². The van der Waals surface area contributed by atoms with Gasteiger partial charge in [-0.25, -0.2) is 0 Å². The zero-order valence-corrected chi connectivity index (χ0v) is 15.7. The van der Waals surface area contributed by atoms with E-state index in [0.29, 0.717) is 23.4 Å². The topological polar surface area (TPSA) is 63.7 Å². The molecule has 5 nitrogen and oxygen atoms in total. The Balaban J connectivity index is 1.37. The molecule has 1 aliphatic heterocycles. The summed E-state index contributed by atoms with van der Waals surface area (Å²) >= 11 is 0. The van der Waals surface area contributed by atoms with E-state index < -0.39 is 5.92 Å². The van der Waals surface area contributed by atoms with Crippen LogP contribution in [0.2, 0.25) is 0 Å². The number of hydrogen-bond acceptors (Lipinski definition) is 4. The summed E-state index contributed by atoms with van der Waals surface area (Å²) in [6.45, 7) is 0.451. The fourth-order valence-electron chi connectivity index (χ4n) is 4.09. The third kappa shape index (κ3) is 3.84. The highest BCUT2D eigenvalue weighted by Crippen LogP contribution is 2.30. The van der Waals surface area contributed by atoms with Gasteiger partial charge in [0, 0.05) is 30.1 Å². The Morgan fingerprint density at radius 1 is 0.893 bits per heavy atom. The van der Waals surface area contributed by atoms with Crippen LogP contribution in [0.3, 0.4) is 0 Å². The van der Waals surface area contributed by atoms with Crippen molar-refractivity contribution in [2.45, 2.75) is 38.1 Å². The van der Waals surface area contributed by atoms with E-state index in [1.807, 2.05) is 23.1 Å². The van der Waals surface area contributed by atoms with Gasteiger partial charge in [-0.2, -0.15) is 0 Å². The molecule has 0 bridgehead atoms. The summed E-state index contributed by atoms with van der Waals surface area (Å²) in [5, 5.41) is 0. The molecule has 2 aliphatic rings. The first kappa shape index (κ1) is 18.4. The zero-order valence-electron chi connectivity index (χ0n) is 15.7. The van der Waals surface area contributed by atoms with Crippen molar-refractivity contribution in [3.05, 3.63) is 65.7 Å². The van der Waals surface area contributed by atoms with E-state index in [1.54, 1.807) is 36.4 Å². The molecular weight excluding hydrogens is 354 g/mol. The minimum atomic E-state index is -0.418. The number of carbonyl (C=O) groups excluding carboxylic acids is 3. The Labute approximate surface area is 164 Å². The van der Waals surface area contributed by atoms with E-state index in [1.165, 1.54) is 0 Å². The molecule has 0 aromatic heterocycles. The van der Waals surface area contributed by atoms with Gasteiger partial charge in [0.15, 0.2) is 5.78 Å².